The van der Waals surface area contributed by atoms with Crippen LogP contribution in [-0.4, -0.2) is 30.6 Å². The average molecular weight is 235 g/mol. The minimum atomic E-state index is -0.358. The Labute approximate surface area is 101 Å². The molecule has 17 heavy (non-hydrogen) atoms. The fraction of sp³-hybridized carbons (Fsp3) is 0.538. The number of aromatic nitrogens is 1. The molecule has 4 heteroatoms. The van der Waals surface area contributed by atoms with Gasteiger partial charge in [0.2, 0.25) is 5.78 Å². The van der Waals surface area contributed by atoms with Crippen molar-refractivity contribution in [3.05, 3.63) is 24.0 Å². The molecule has 0 saturated heterocycles. The summed E-state index contributed by atoms with van der Waals surface area (Å²) < 4.78 is 10.7. The van der Waals surface area contributed by atoms with Gasteiger partial charge in [0.15, 0.2) is 5.69 Å². The van der Waals surface area contributed by atoms with Crippen molar-refractivity contribution in [3.63, 3.8) is 0 Å². The maximum Gasteiger partial charge on any atom is 0.213 e. The molecule has 1 heterocycles. The van der Waals surface area contributed by atoms with Crippen molar-refractivity contribution in [2.75, 3.05) is 13.7 Å². The van der Waals surface area contributed by atoms with Gasteiger partial charge in [0.25, 0.3) is 0 Å². The maximum atomic E-state index is 12.3. The predicted molar refractivity (Wildman–Crippen MR) is 63.3 cm³/mol. The first kappa shape index (κ1) is 12.0. The van der Waals surface area contributed by atoms with E-state index in [1.807, 2.05) is 6.92 Å². The van der Waals surface area contributed by atoms with Crippen molar-refractivity contribution >= 4 is 5.78 Å². The molecule has 0 radical (unpaired) electrons. The van der Waals surface area contributed by atoms with Gasteiger partial charge in [0.05, 0.1) is 7.11 Å². The van der Waals surface area contributed by atoms with E-state index in [2.05, 4.69) is 4.98 Å². The Morgan fingerprint density at radius 1 is 1.59 bits per heavy atom. The molecule has 1 aliphatic carbocycles. The molecular weight excluding hydrogens is 218 g/mol. The topological polar surface area (TPSA) is 48.4 Å². The minimum Gasteiger partial charge on any atom is -0.494 e. The van der Waals surface area contributed by atoms with Crippen LogP contribution in [0.4, 0.5) is 0 Å². The molecule has 0 bridgehead atoms. The Morgan fingerprint density at radius 2 is 2.35 bits per heavy atom. The van der Waals surface area contributed by atoms with Crippen molar-refractivity contribution in [2.45, 2.75) is 25.9 Å². The Bertz CT molecular complexity index is 401. The molecule has 0 aliphatic heterocycles. The van der Waals surface area contributed by atoms with Gasteiger partial charge in [-0.15, -0.1) is 0 Å². The van der Waals surface area contributed by atoms with Crippen molar-refractivity contribution in [3.8, 4) is 5.75 Å². The van der Waals surface area contributed by atoms with Crippen molar-refractivity contribution < 1.29 is 14.3 Å². The van der Waals surface area contributed by atoms with Gasteiger partial charge in [0, 0.05) is 12.8 Å². The molecule has 1 aromatic heterocycles. The summed E-state index contributed by atoms with van der Waals surface area (Å²) in [6.07, 6.45) is 3.37. The molecular formula is C13H17NO3. The van der Waals surface area contributed by atoms with Crippen LogP contribution in [0.25, 0.3) is 0 Å². The van der Waals surface area contributed by atoms with Gasteiger partial charge in [-0.1, -0.05) is 0 Å². The first-order valence-corrected chi connectivity index (χ1v) is 5.92. The zero-order valence-corrected chi connectivity index (χ0v) is 10.2. The standard InChI is InChI=1S/C13H17NO3/c1-3-17-13(9-6-7-9)12(15)11-10(16-2)5-4-8-14-11/h4-5,8-9,13H,3,6-7H2,1-2H3. The molecule has 0 spiro atoms. The molecule has 0 N–H and O–H groups in total. The van der Waals surface area contributed by atoms with Crippen LogP contribution in [0.15, 0.2) is 18.3 Å². The van der Waals surface area contributed by atoms with Crippen molar-refractivity contribution in [1.82, 2.24) is 4.98 Å². The molecule has 1 saturated carbocycles. The lowest BCUT2D eigenvalue weighted by molar-refractivity contribution is 0.0367. The summed E-state index contributed by atoms with van der Waals surface area (Å²) in [6.45, 7) is 2.44. The number of methoxy groups -OCH3 is 1. The molecule has 1 fully saturated rings. The third-order valence-electron chi connectivity index (χ3n) is 2.88. The van der Waals surface area contributed by atoms with Crippen LogP contribution in [0, 0.1) is 5.92 Å². The Kier molecular flexibility index (Phi) is 3.74. The Hall–Kier alpha value is -1.42. The van der Waals surface area contributed by atoms with Gasteiger partial charge in [-0.25, -0.2) is 4.98 Å². The number of hydrogen-bond donors (Lipinski definition) is 0. The number of ether oxygens (including phenoxy) is 2. The van der Waals surface area contributed by atoms with Gasteiger partial charge in [-0.3, -0.25) is 4.79 Å². The second kappa shape index (κ2) is 5.27. The van der Waals surface area contributed by atoms with E-state index in [1.165, 1.54) is 0 Å². The van der Waals surface area contributed by atoms with E-state index in [4.69, 9.17) is 9.47 Å². The molecule has 1 atom stereocenters. The van der Waals surface area contributed by atoms with Crippen LogP contribution < -0.4 is 4.74 Å². The number of carbonyl (C=O) groups is 1. The third kappa shape index (κ3) is 2.64. The molecule has 0 amide bonds. The monoisotopic (exact) mass is 235 g/mol. The lowest BCUT2D eigenvalue weighted by Gasteiger charge is -2.15. The van der Waals surface area contributed by atoms with Gasteiger partial charge < -0.3 is 9.47 Å². The third-order valence-corrected chi connectivity index (χ3v) is 2.88. The first-order chi connectivity index (χ1) is 8.27. The Balaban J connectivity index is 2.21. The molecule has 92 valence electrons. The van der Waals surface area contributed by atoms with Crippen molar-refractivity contribution in [2.24, 2.45) is 5.92 Å². The number of pyridine rings is 1. The first-order valence-electron chi connectivity index (χ1n) is 5.92. The van der Waals surface area contributed by atoms with E-state index in [0.29, 0.717) is 24.0 Å². The van der Waals surface area contributed by atoms with Crippen LogP contribution in [0.3, 0.4) is 0 Å². The highest BCUT2D eigenvalue weighted by atomic mass is 16.5. The number of rotatable bonds is 6. The van der Waals surface area contributed by atoms with Crippen LogP contribution >= 0.6 is 0 Å². The summed E-state index contributed by atoms with van der Waals surface area (Å²) in [4.78, 5) is 16.4. The molecule has 1 aliphatic rings. The Morgan fingerprint density at radius 3 is 2.94 bits per heavy atom. The van der Waals surface area contributed by atoms with Crippen LogP contribution in [0.5, 0.6) is 5.75 Å². The summed E-state index contributed by atoms with van der Waals surface area (Å²) >= 11 is 0. The summed E-state index contributed by atoms with van der Waals surface area (Å²) in [5.74, 6) is 0.809. The summed E-state index contributed by atoms with van der Waals surface area (Å²) in [5.41, 5.74) is 0.375. The molecule has 2 rings (SSSR count). The number of carbonyl (C=O) groups excluding carboxylic acids is 1. The predicted octanol–water partition coefficient (Wildman–Crippen LogP) is 2.09. The fourth-order valence-corrected chi connectivity index (χ4v) is 1.88. The van der Waals surface area contributed by atoms with Crippen LogP contribution in [0.1, 0.15) is 30.3 Å². The number of Topliss-reactive ketones (excluding diaryl/α,β-unsaturated/α-hetero) is 1. The van der Waals surface area contributed by atoms with Gasteiger partial charge >= 0.3 is 0 Å². The summed E-state index contributed by atoms with van der Waals surface area (Å²) in [7, 11) is 1.54. The highest BCUT2D eigenvalue weighted by Gasteiger charge is 2.38. The van der Waals surface area contributed by atoms with E-state index in [-0.39, 0.29) is 11.9 Å². The van der Waals surface area contributed by atoms with E-state index in [0.717, 1.165) is 12.8 Å². The zero-order valence-electron chi connectivity index (χ0n) is 10.2. The zero-order chi connectivity index (χ0) is 12.3. The van der Waals surface area contributed by atoms with Gasteiger partial charge in [0.1, 0.15) is 11.9 Å². The summed E-state index contributed by atoms with van der Waals surface area (Å²) in [6, 6.07) is 3.50. The largest absolute Gasteiger partial charge is 0.494 e. The van der Waals surface area contributed by atoms with Crippen LogP contribution in [-0.2, 0) is 4.74 Å². The highest BCUT2D eigenvalue weighted by Crippen LogP contribution is 2.36. The molecule has 0 aromatic carbocycles. The number of hydrogen-bond acceptors (Lipinski definition) is 4. The van der Waals surface area contributed by atoms with E-state index in [1.54, 1.807) is 25.4 Å². The van der Waals surface area contributed by atoms with Crippen molar-refractivity contribution in [1.29, 1.82) is 0 Å². The normalized spacial score (nSPS) is 16.6. The number of nitrogens with zero attached hydrogens (tertiary/aromatic N) is 1. The van der Waals surface area contributed by atoms with Gasteiger partial charge in [-0.2, -0.15) is 0 Å². The minimum absolute atomic E-state index is 0.0631. The molecule has 1 aromatic rings. The fourth-order valence-electron chi connectivity index (χ4n) is 1.88. The molecule has 4 nitrogen and oxygen atoms in total. The smallest absolute Gasteiger partial charge is 0.213 e. The van der Waals surface area contributed by atoms with Gasteiger partial charge in [-0.05, 0) is 37.8 Å². The second-order valence-electron chi connectivity index (χ2n) is 4.13. The van der Waals surface area contributed by atoms with Crippen LogP contribution in [0.2, 0.25) is 0 Å². The second-order valence-corrected chi connectivity index (χ2v) is 4.13. The van der Waals surface area contributed by atoms with E-state index < -0.39 is 0 Å². The lowest BCUT2D eigenvalue weighted by Crippen LogP contribution is -2.27. The molecule has 1 unspecified atom stereocenters. The lowest BCUT2D eigenvalue weighted by atomic mass is 10.1. The SMILES string of the molecule is CCOC(C(=O)c1ncccc1OC)C1CC1. The maximum absolute atomic E-state index is 12.3. The summed E-state index contributed by atoms with van der Waals surface area (Å²) in [5, 5.41) is 0. The van der Waals surface area contributed by atoms with E-state index >= 15 is 0 Å². The average Bonchev–Trinajstić information content (AvgIpc) is 3.19. The quantitative estimate of drug-likeness (QED) is 0.708. The highest BCUT2D eigenvalue weighted by molar-refractivity contribution is 6.00. The number of ketones is 1. The van der Waals surface area contributed by atoms with E-state index in [9.17, 15) is 4.79 Å².